The molecule has 0 unspecified atom stereocenters. The van der Waals surface area contributed by atoms with Crippen LogP contribution in [0.1, 0.15) is 18.9 Å². The van der Waals surface area contributed by atoms with Crippen molar-refractivity contribution < 1.29 is 22.7 Å². The molecule has 1 aliphatic rings. The van der Waals surface area contributed by atoms with E-state index in [-0.39, 0.29) is 29.1 Å². The molecule has 162 valence electrons. The van der Waals surface area contributed by atoms with Gasteiger partial charge in [0.1, 0.15) is 5.75 Å². The maximum absolute atomic E-state index is 12.7. The number of guanidine groups is 1. The summed E-state index contributed by atoms with van der Waals surface area (Å²) in [7, 11) is 1.52. The topological polar surface area (TPSA) is 65.4 Å². The summed E-state index contributed by atoms with van der Waals surface area (Å²) >= 11 is 7.80. The number of fused-ring (bicyclic) bond motifs is 1. The summed E-state index contributed by atoms with van der Waals surface area (Å²) in [6.07, 6.45) is -4.70. The van der Waals surface area contributed by atoms with Gasteiger partial charge in [-0.3, -0.25) is 15.1 Å². The highest BCUT2D eigenvalue weighted by atomic mass is 35.5. The lowest BCUT2D eigenvalue weighted by atomic mass is 9.84. The van der Waals surface area contributed by atoms with E-state index in [9.17, 15) is 18.0 Å². The number of nitrogens with zero attached hydrogens (tertiary/aromatic N) is 1. The van der Waals surface area contributed by atoms with Gasteiger partial charge in [-0.15, -0.1) is 24.5 Å². The van der Waals surface area contributed by atoms with Gasteiger partial charge in [-0.25, -0.2) is 0 Å². The van der Waals surface area contributed by atoms with Gasteiger partial charge in [0.25, 0.3) is 0 Å². The highest BCUT2D eigenvalue weighted by Gasteiger charge is 2.38. The van der Waals surface area contributed by atoms with Crippen LogP contribution in [0.5, 0.6) is 5.75 Å². The van der Waals surface area contributed by atoms with Gasteiger partial charge in [0, 0.05) is 27.9 Å². The Kier molecular flexibility index (Phi) is 5.13. The van der Waals surface area contributed by atoms with Crippen molar-refractivity contribution in [2.24, 2.45) is 0 Å². The average Bonchev–Trinajstić information content (AvgIpc) is 3.14. The molecule has 2 aromatic carbocycles. The van der Waals surface area contributed by atoms with Gasteiger partial charge in [0.05, 0.1) is 12.0 Å². The monoisotopic (exact) mass is 467 g/mol. The molecule has 1 aromatic heterocycles. The highest BCUT2D eigenvalue weighted by molar-refractivity contribution is 7.17. The van der Waals surface area contributed by atoms with E-state index >= 15 is 0 Å². The number of amides is 1. The van der Waals surface area contributed by atoms with Crippen LogP contribution < -0.4 is 10.1 Å². The van der Waals surface area contributed by atoms with Crippen molar-refractivity contribution in [2.75, 3.05) is 7.05 Å². The molecule has 2 heterocycles. The van der Waals surface area contributed by atoms with Crippen molar-refractivity contribution in [3.63, 3.8) is 0 Å². The van der Waals surface area contributed by atoms with E-state index in [4.69, 9.17) is 17.0 Å². The molecule has 3 aromatic rings. The molecule has 1 amide bonds. The van der Waals surface area contributed by atoms with E-state index < -0.39 is 11.9 Å². The number of benzene rings is 2. The van der Waals surface area contributed by atoms with E-state index in [0.29, 0.717) is 11.1 Å². The second-order valence-electron chi connectivity index (χ2n) is 7.49. The predicted molar refractivity (Wildman–Crippen MR) is 115 cm³/mol. The van der Waals surface area contributed by atoms with E-state index in [0.717, 1.165) is 21.7 Å². The van der Waals surface area contributed by atoms with Gasteiger partial charge < -0.3 is 10.1 Å². The molecule has 1 aliphatic heterocycles. The van der Waals surface area contributed by atoms with Crippen molar-refractivity contribution in [3.05, 3.63) is 52.4 Å². The fourth-order valence-corrected chi connectivity index (χ4v) is 4.75. The summed E-state index contributed by atoms with van der Waals surface area (Å²) in [6, 6.07) is 9.38. The van der Waals surface area contributed by atoms with Gasteiger partial charge >= 0.3 is 6.36 Å². The zero-order chi connectivity index (χ0) is 22.6. The second-order valence-corrected chi connectivity index (χ2v) is 8.81. The van der Waals surface area contributed by atoms with Crippen LogP contribution in [0.2, 0.25) is 5.02 Å². The lowest BCUT2D eigenvalue weighted by Crippen LogP contribution is -2.58. The molecule has 0 bridgehead atoms. The number of carbonyl (C=O) groups excluding carboxylic acids is 1. The van der Waals surface area contributed by atoms with Gasteiger partial charge in [-0.1, -0.05) is 11.6 Å². The largest absolute Gasteiger partial charge is 0.573 e. The minimum atomic E-state index is -4.82. The summed E-state index contributed by atoms with van der Waals surface area (Å²) in [5.41, 5.74) is 0.868. The first-order chi connectivity index (χ1) is 14.5. The van der Waals surface area contributed by atoms with Crippen molar-refractivity contribution in [3.8, 4) is 16.9 Å². The quantitative estimate of drug-likeness (QED) is 0.517. The molecular formula is C21H17ClF3N3O2S. The average molecular weight is 468 g/mol. The Bertz CT molecular complexity index is 1190. The number of hydrogen-bond acceptors (Lipinski definition) is 4. The van der Waals surface area contributed by atoms with Crippen molar-refractivity contribution in [2.45, 2.75) is 25.2 Å². The molecule has 0 spiro atoms. The first-order valence-corrected chi connectivity index (χ1v) is 10.4. The minimum Gasteiger partial charge on any atom is -0.406 e. The van der Waals surface area contributed by atoms with E-state index in [1.807, 2.05) is 24.4 Å². The number of halogens is 4. The first kappa shape index (κ1) is 21.5. The van der Waals surface area contributed by atoms with Crippen LogP contribution >= 0.6 is 22.9 Å². The molecule has 2 N–H and O–H groups in total. The SMILES string of the molecule is CN1C(=N)N[C@](C)(c2cc(-c3cc(OC(F)(F)F)ccc3Cl)c3sccc3c2)CC1=O. The molecular weight excluding hydrogens is 451 g/mol. The second kappa shape index (κ2) is 7.42. The molecule has 0 saturated carbocycles. The Hall–Kier alpha value is -2.78. The number of carbonyl (C=O) groups is 1. The maximum atomic E-state index is 12.7. The lowest BCUT2D eigenvalue weighted by molar-refractivity contribution is -0.274. The van der Waals surface area contributed by atoms with Crippen LogP contribution in [0.4, 0.5) is 13.2 Å². The molecule has 1 atom stereocenters. The fraction of sp³-hybridized carbons (Fsp3) is 0.238. The summed E-state index contributed by atoms with van der Waals surface area (Å²) in [5, 5.41) is 14.1. The lowest BCUT2D eigenvalue weighted by Gasteiger charge is -2.39. The zero-order valence-corrected chi connectivity index (χ0v) is 18.0. The molecule has 31 heavy (non-hydrogen) atoms. The van der Waals surface area contributed by atoms with Crippen molar-refractivity contribution in [1.82, 2.24) is 10.2 Å². The highest BCUT2D eigenvalue weighted by Crippen LogP contribution is 2.42. The Morgan fingerprint density at radius 1 is 1.23 bits per heavy atom. The van der Waals surface area contributed by atoms with E-state index in [1.54, 1.807) is 6.07 Å². The van der Waals surface area contributed by atoms with Gasteiger partial charge in [0.2, 0.25) is 5.91 Å². The van der Waals surface area contributed by atoms with Crippen LogP contribution in [-0.2, 0) is 10.3 Å². The van der Waals surface area contributed by atoms with Gasteiger partial charge in [0.15, 0.2) is 5.96 Å². The third kappa shape index (κ3) is 4.07. The van der Waals surface area contributed by atoms with Gasteiger partial charge in [-0.05, 0) is 59.7 Å². The Morgan fingerprint density at radius 2 is 1.97 bits per heavy atom. The van der Waals surface area contributed by atoms with E-state index in [1.165, 1.54) is 35.4 Å². The van der Waals surface area contributed by atoms with Crippen LogP contribution in [0.3, 0.4) is 0 Å². The molecule has 1 saturated heterocycles. The standard InChI is InChI=1S/C21H17ClF3N3O2S/c1-20(10-17(29)28(2)19(26)27-20)12-7-11-5-6-31-18(11)15(8-12)14-9-13(3-4-16(14)22)30-21(23,24)25/h3-9H,10H2,1-2H3,(H2,26,27)/t20-/m0/s1. The van der Waals surface area contributed by atoms with Crippen LogP contribution in [0.15, 0.2) is 41.8 Å². The molecule has 4 rings (SSSR count). The molecule has 0 radical (unpaired) electrons. The molecule has 10 heteroatoms. The fourth-order valence-electron chi connectivity index (χ4n) is 3.62. The molecule has 1 fully saturated rings. The number of ether oxygens (including phenoxy) is 1. The van der Waals surface area contributed by atoms with Gasteiger partial charge in [-0.2, -0.15) is 0 Å². The van der Waals surface area contributed by atoms with Crippen LogP contribution in [0, 0.1) is 5.41 Å². The smallest absolute Gasteiger partial charge is 0.406 e. The van der Waals surface area contributed by atoms with E-state index in [2.05, 4.69) is 10.1 Å². The third-order valence-electron chi connectivity index (χ3n) is 5.26. The number of nitrogens with one attached hydrogen (secondary N) is 2. The number of alkyl halides is 3. The maximum Gasteiger partial charge on any atom is 0.573 e. The Balaban J connectivity index is 1.87. The van der Waals surface area contributed by atoms with Crippen molar-refractivity contribution in [1.29, 1.82) is 5.41 Å². The minimum absolute atomic E-state index is 0.0238. The summed E-state index contributed by atoms with van der Waals surface area (Å²) in [6.45, 7) is 1.81. The third-order valence-corrected chi connectivity index (χ3v) is 6.55. The zero-order valence-electron chi connectivity index (χ0n) is 16.4. The predicted octanol–water partition coefficient (Wildman–Crippen LogP) is 5.72. The molecule has 5 nitrogen and oxygen atoms in total. The number of hydrogen-bond donors (Lipinski definition) is 2. The Morgan fingerprint density at radius 3 is 2.65 bits per heavy atom. The summed E-state index contributed by atoms with van der Waals surface area (Å²) < 4.78 is 43.1. The van der Waals surface area contributed by atoms with Crippen LogP contribution in [-0.4, -0.2) is 30.2 Å². The number of thiophene rings is 1. The normalized spacial score (nSPS) is 19.6. The first-order valence-electron chi connectivity index (χ1n) is 9.17. The number of rotatable bonds is 3. The Labute approximate surface area is 184 Å². The van der Waals surface area contributed by atoms with Crippen LogP contribution in [0.25, 0.3) is 21.2 Å². The van der Waals surface area contributed by atoms with Crippen molar-refractivity contribution >= 4 is 44.9 Å². The summed E-state index contributed by atoms with van der Waals surface area (Å²) in [4.78, 5) is 13.6. The molecule has 0 aliphatic carbocycles. The summed E-state index contributed by atoms with van der Waals surface area (Å²) in [5.74, 6) is -0.608.